The molecule has 0 saturated carbocycles. The summed E-state index contributed by atoms with van der Waals surface area (Å²) in [6, 6.07) is 12.5. The average molecular weight is 537 g/mol. The van der Waals surface area contributed by atoms with Crippen LogP contribution in [0.3, 0.4) is 0 Å². The maximum atomic E-state index is 12.6. The zero-order valence-electron chi connectivity index (χ0n) is 22.9. The van der Waals surface area contributed by atoms with E-state index in [4.69, 9.17) is 18.9 Å². The number of carbonyl (C=O) groups excluding carboxylic acids is 2. The molecule has 2 N–H and O–H groups in total. The minimum Gasteiger partial charge on any atom is -0.494 e. The van der Waals surface area contributed by atoms with Crippen molar-refractivity contribution in [2.24, 2.45) is 5.10 Å². The third-order valence-electron chi connectivity index (χ3n) is 5.85. The van der Waals surface area contributed by atoms with Gasteiger partial charge in [-0.3, -0.25) is 14.7 Å². The monoisotopic (exact) mass is 536 g/mol. The summed E-state index contributed by atoms with van der Waals surface area (Å²) in [5.41, 5.74) is 4.76. The smallest absolute Gasteiger partial charge is 0.308 e. The number of amides is 1. The second-order valence-electron chi connectivity index (χ2n) is 8.85. The van der Waals surface area contributed by atoms with Gasteiger partial charge in [-0.1, -0.05) is 39.0 Å². The Morgan fingerprint density at radius 3 is 2.28 bits per heavy atom. The molecule has 0 aliphatic carbocycles. The summed E-state index contributed by atoms with van der Waals surface area (Å²) in [6.07, 6.45) is 8.75. The molecule has 0 aliphatic rings. The Hall–Kier alpha value is -4.34. The van der Waals surface area contributed by atoms with E-state index in [1.165, 1.54) is 59.5 Å². The molecule has 0 bridgehead atoms. The average Bonchev–Trinajstić information content (AvgIpc) is 3.43. The molecule has 2 aromatic carbocycles. The van der Waals surface area contributed by atoms with Crippen molar-refractivity contribution >= 4 is 18.1 Å². The van der Waals surface area contributed by atoms with E-state index in [0.717, 1.165) is 17.7 Å². The number of unbranched alkanes of at least 4 members (excludes halogenated alkanes) is 5. The van der Waals surface area contributed by atoms with Gasteiger partial charge in [-0.25, -0.2) is 5.43 Å². The summed E-state index contributed by atoms with van der Waals surface area (Å²) in [7, 11) is 2.88. The lowest BCUT2D eigenvalue weighted by Gasteiger charge is -2.13. The minimum atomic E-state index is -0.507. The number of esters is 1. The van der Waals surface area contributed by atoms with E-state index in [-0.39, 0.29) is 22.9 Å². The number of nitrogens with one attached hydrogen (secondary N) is 2. The van der Waals surface area contributed by atoms with Crippen LogP contribution in [0.2, 0.25) is 0 Å². The summed E-state index contributed by atoms with van der Waals surface area (Å²) in [5, 5.41) is 11.0. The summed E-state index contributed by atoms with van der Waals surface area (Å²) in [5.74, 6) is 0.579. The molecule has 0 atom stereocenters. The highest BCUT2D eigenvalue weighted by Gasteiger charge is 2.16. The predicted molar refractivity (Wildman–Crippen MR) is 149 cm³/mol. The molecule has 0 unspecified atom stereocenters. The Labute approximate surface area is 228 Å². The van der Waals surface area contributed by atoms with E-state index in [2.05, 4.69) is 27.6 Å². The molecule has 39 heavy (non-hydrogen) atoms. The Morgan fingerprint density at radius 2 is 1.64 bits per heavy atom. The summed E-state index contributed by atoms with van der Waals surface area (Å²) >= 11 is 0. The van der Waals surface area contributed by atoms with Crippen LogP contribution in [-0.2, 0) is 4.79 Å². The number of ether oxygens (including phenoxy) is 4. The fourth-order valence-electron chi connectivity index (χ4n) is 3.82. The van der Waals surface area contributed by atoms with Crippen molar-refractivity contribution in [1.82, 2.24) is 15.6 Å². The van der Waals surface area contributed by atoms with Gasteiger partial charge in [0, 0.05) is 18.1 Å². The zero-order chi connectivity index (χ0) is 28.0. The van der Waals surface area contributed by atoms with Crippen LogP contribution in [0.25, 0.3) is 11.3 Å². The number of hydrogen-bond acceptors (Lipinski definition) is 8. The van der Waals surface area contributed by atoms with Crippen LogP contribution in [0.5, 0.6) is 23.0 Å². The van der Waals surface area contributed by atoms with Gasteiger partial charge >= 0.3 is 5.97 Å². The standard InChI is InChI=1S/C29H36N4O6/c1-5-6-7-8-9-10-15-38-23-13-11-22(12-14-23)24-18-25(32-31-24)29(35)33-30-19-21-16-26(36-3)28(39-20(2)34)27(17-21)37-4/h11-14,16-19H,5-10,15H2,1-4H3,(H,31,32)(H,33,35)/b30-19+. The number of methoxy groups -OCH3 is 2. The number of rotatable bonds is 15. The predicted octanol–water partition coefficient (Wildman–Crippen LogP) is 5.52. The highest BCUT2D eigenvalue weighted by molar-refractivity contribution is 5.94. The Kier molecular flexibility index (Phi) is 11.4. The van der Waals surface area contributed by atoms with E-state index >= 15 is 0 Å². The lowest BCUT2D eigenvalue weighted by molar-refractivity contribution is -0.132. The van der Waals surface area contributed by atoms with Crippen molar-refractivity contribution in [2.75, 3.05) is 20.8 Å². The number of benzene rings is 2. The molecule has 1 aromatic heterocycles. The molecule has 0 fully saturated rings. The quantitative estimate of drug-likeness (QED) is 0.0861. The molecule has 0 spiro atoms. The van der Waals surface area contributed by atoms with Gasteiger partial charge in [0.1, 0.15) is 11.4 Å². The van der Waals surface area contributed by atoms with E-state index in [1.807, 2.05) is 24.3 Å². The van der Waals surface area contributed by atoms with Crippen molar-refractivity contribution in [2.45, 2.75) is 52.4 Å². The highest BCUT2D eigenvalue weighted by atomic mass is 16.6. The SMILES string of the molecule is CCCCCCCCOc1ccc(-c2cc(C(=O)N/N=C/c3cc(OC)c(OC(C)=O)c(OC)c3)[nH]n2)cc1. The number of nitrogens with zero attached hydrogens (tertiary/aromatic N) is 2. The van der Waals surface area contributed by atoms with Crippen LogP contribution in [0.15, 0.2) is 47.6 Å². The third-order valence-corrected chi connectivity index (χ3v) is 5.85. The molecular weight excluding hydrogens is 500 g/mol. The largest absolute Gasteiger partial charge is 0.494 e. The number of hydrazone groups is 1. The minimum absolute atomic E-state index is 0.163. The molecule has 1 heterocycles. The lowest BCUT2D eigenvalue weighted by atomic mass is 10.1. The molecule has 0 saturated heterocycles. The number of aromatic nitrogens is 2. The highest BCUT2D eigenvalue weighted by Crippen LogP contribution is 2.38. The Bertz CT molecular complexity index is 1230. The molecule has 3 rings (SSSR count). The molecule has 3 aromatic rings. The number of carbonyl (C=O) groups is 2. The van der Waals surface area contributed by atoms with Gasteiger partial charge in [0.2, 0.25) is 5.75 Å². The molecule has 208 valence electrons. The van der Waals surface area contributed by atoms with Crippen LogP contribution in [-0.4, -0.2) is 49.1 Å². The second-order valence-corrected chi connectivity index (χ2v) is 8.85. The molecule has 0 radical (unpaired) electrons. The van der Waals surface area contributed by atoms with Crippen molar-refractivity contribution in [1.29, 1.82) is 0 Å². The van der Waals surface area contributed by atoms with Crippen molar-refractivity contribution < 1.29 is 28.5 Å². The first-order valence-electron chi connectivity index (χ1n) is 13.0. The van der Waals surface area contributed by atoms with E-state index in [1.54, 1.807) is 18.2 Å². The number of aromatic amines is 1. The van der Waals surface area contributed by atoms with Crippen LogP contribution >= 0.6 is 0 Å². The van der Waals surface area contributed by atoms with Crippen LogP contribution in [0.4, 0.5) is 0 Å². The number of H-pyrrole nitrogens is 1. The van der Waals surface area contributed by atoms with Crippen molar-refractivity contribution in [3.8, 4) is 34.3 Å². The second kappa shape index (κ2) is 15.2. The maximum Gasteiger partial charge on any atom is 0.308 e. The summed E-state index contributed by atoms with van der Waals surface area (Å²) in [4.78, 5) is 23.9. The zero-order valence-corrected chi connectivity index (χ0v) is 22.9. The van der Waals surface area contributed by atoms with Gasteiger partial charge in [-0.2, -0.15) is 10.2 Å². The summed E-state index contributed by atoms with van der Waals surface area (Å²) in [6.45, 7) is 4.20. The first-order valence-corrected chi connectivity index (χ1v) is 13.0. The summed E-state index contributed by atoms with van der Waals surface area (Å²) < 4.78 is 21.6. The molecule has 0 aliphatic heterocycles. The fourth-order valence-corrected chi connectivity index (χ4v) is 3.82. The van der Waals surface area contributed by atoms with E-state index in [0.29, 0.717) is 17.9 Å². The Balaban J connectivity index is 1.54. The normalized spacial score (nSPS) is 10.9. The molecule has 10 heteroatoms. The van der Waals surface area contributed by atoms with Crippen LogP contribution in [0, 0.1) is 0 Å². The third kappa shape index (κ3) is 8.87. The van der Waals surface area contributed by atoms with Crippen molar-refractivity contribution in [3.05, 3.63) is 53.7 Å². The van der Waals surface area contributed by atoms with E-state index < -0.39 is 11.9 Å². The fraction of sp³-hybridized carbons (Fsp3) is 0.379. The van der Waals surface area contributed by atoms with Gasteiger partial charge in [-0.05, 0) is 48.9 Å². The molecular formula is C29H36N4O6. The first kappa shape index (κ1) is 29.2. The first-order chi connectivity index (χ1) is 18.9. The maximum absolute atomic E-state index is 12.6. The van der Waals surface area contributed by atoms with Gasteiger partial charge in [0.25, 0.3) is 5.91 Å². The molecule has 10 nitrogen and oxygen atoms in total. The molecule has 1 amide bonds. The van der Waals surface area contributed by atoms with Gasteiger partial charge < -0.3 is 18.9 Å². The van der Waals surface area contributed by atoms with Crippen molar-refractivity contribution in [3.63, 3.8) is 0 Å². The van der Waals surface area contributed by atoms with Gasteiger partial charge in [0.15, 0.2) is 11.5 Å². The van der Waals surface area contributed by atoms with Crippen LogP contribution < -0.4 is 24.4 Å². The topological polar surface area (TPSA) is 124 Å². The van der Waals surface area contributed by atoms with Gasteiger partial charge in [-0.15, -0.1) is 0 Å². The van der Waals surface area contributed by atoms with E-state index in [9.17, 15) is 9.59 Å². The number of hydrogen-bond donors (Lipinski definition) is 2. The lowest BCUT2D eigenvalue weighted by Crippen LogP contribution is -2.18. The van der Waals surface area contributed by atoms with Gasteiger partial charge in [0.05, 0.1) is 32.7 Å². The van der Waals surface area contributed by atoms with Crippen LogP contribution in [0.1, 0.15) is 68.4 Å². The Morgan fingerprint density at radius 1 is 0.974 bits per heavy atom.